The molecule has 0 amide bonds. The third-order valence-corrected chi connectivity index (χ3v) is 8.27. The number of carbonyl (C=O) groups excluding carboxylic acids is 1. The number of halogens is 1. The Hall–Kier alpha value is -3.13. The first kappa shape index (κ1) is 23.6. The summed E-state index contributed by atoms with van der Waals surface area (Å²) < 4.78 is 38.3. The molecule has 2 heterocycles. The van der Waals surface area contributed by atoms with E-state index in [0.29, 0.717) is 22.0 Å². The van der Waals surface area contributed by atoms with Crippen LogP contribution in [0.5, 0.6) is 0 Å². The maximum absolute atomic E-state index is 14.7. The molecule has 0 bridgehead atoms. The minimum Gasteiger partial charge on any atom is -0.330 e. The Balaban J connectivity index is 1.41. The highest BCUT2D eigenvalue weighted by atomic mass is 32.2. The SMILES string of the molecule is CSNc1cccc(C2=[N+]=c3[nH]cc(C(=O)c4cc(NS(=O)C5CCCCC5)ccc4F)c3=C2)c1. The molecule has 6 nitrogen and oxygen atoms in total. The van der Waals surface area contributed by atoms with Gasteiger partial charge in [-0.05, 0) is 49.2 Å². The Morgan fingerprint density at radius 2 is 1.94 bits per heavy atom. The quantitative estimate of drug-likeness (QED) is 0.247. The molecular formula is C26H26FN4O2S2+. The first-order valence-electron chi connectivity index (χ1n) is 11.6. The number of fused-ring (bicyclic) bond motifs is 1. The average molecular weight is 510 g/mol. The fourth-order valence-electron chi connectivity index (χ4n) is 4.53. The van der Waals surface area contributed by atoms with Crippen LogP contribution in [0.3, 0.4) is 0 Å². The van der Waals surface area contributed by atoms with Gasteiger partial charge in [0, 0.05) is 29.3 Å². The summed E-state index contributed by atoms with van der Waals surface area (Å²) in [5.41, 5.74) is 3.92. The minimum absolute atomic E-state index is 0.0644. The third-order valence-electron chi connectivity index (χ3n) is 6.32. The van der Waals surface area contributed by atoms with Crippen LogP contribution < -0.4 is 24.8 Å². The van der Waals surface area contributed by atoms with Crippen molar-refractivity contribution in [3.63, 3.8) is 0 Å². The standard InChI is InChI=1S/C26H25FN4O2S2/c1-34-30-17-7-5-6-16(12-17)24-14-20-22(15-28-26(20)29-24)25(32)21-13-18(10-11-23(21)27)31-35(33)19-8-3-2-4-9-19/h5-7,10-15,19,30-31H,2-4,8-9H2,1H3/p+1. The number of aromatic nitrogens is 1. The molecule has 2 aromatic carbocycles. The molecule has 1 aliphatic carbocycles. The fourth-order valence-corrected chi connectivity index (χ4v) is 6.18. The van der Waals surface area contributed by atoms with Crippen molar-refractivity contribution in [3.8, 4) is 0 Å². The molecule has 5 rings (SSSR count). The number of carbonyl (C=O) groups is 1. The van der Waals surface area contributed by atoms with Crippen molar-refractivity contribution in [1.82, 2.24) is 9.65 Å². The summed E-state index contributed by atoms with van der Waals surface area (Å²) in [5.74, 6) is -1.06. The van der Waals surface area contributed by atoms with Crippen molar-refractivity contribution in [3.05, 3.63) is 81.9 Å². The summed E-state index contributed by atoms with van der Waals surface area (Å²) in [7, 11) is -1.27. The van der Waals surface area contributed by atoms with Crippen LogP contribution in [0.1, 0.15) is 53.6 Å². The van der Waals surface area contributed by atoms with E-state index in [-0.39, 0.29) is 10.8 Å². The number of hydrogen-bond acceptors (Lipinski definition) is 4. The molecule has 3 N–H and O–H groups in total. The zero-order chi connectivity index (χ0) is 24.4. The molecule has 1 saturated carbocycles. The third kappa shape index (κ3) is 4.98. The smallest absolute Gasteiger partial charge is 0.330 e. The molecule has 1 unspecified atom stereocenters. The number of benzene rings is 2. The second-order valence-electron chi connectivity index (χ2n) is 8.68. The molecule has 3 aromatic rings. The van der Waals surface area contributed by atoms with Crippen molar-refractivity contribution in [1.29, 1.82) is 0 Å². The molecule has 0 spiro atoms. The molecule has 2 aliphatic rings. The van der Waals surface area contributed by atoms with Crippen LogP contribution in [0.4, 0.5) is 15.8 Å². The Morgan fingerprint density at radius 1 is 1.11 bits per heavy atom. The minimum atomic E-state index is -1.27. The Morgan fingerprint density at radius 3 is 2.74 bits per heavy atom. The van der Waals surface area contributed by atoms with E-state index in [0.717, 1.165) is 42.6 Å². The van der Waals surface area contributed by atoms with E-state index >= 15 is 0 Å². The number of anilines is 2. The van der Waals surface area contributed by atoms with Crippen LogP contribution in [0.25, 0.3) is 6.08 Å². The van der Waals surface area contributed by atoms with Crippen molar-refractivity contribution >= 4 is 51.9 Å². The molecule has 1 fully saturated rings. The summed E-state index contributed by atoms with van der Waals surface area (Å²) in [6.07, 6.45) is 10.5. The number of nitrogens with one attached hydrogen (secondary N) is 3. The van der Waals surface area contributed by atoms with Gasteiger partial charge < -0.3 is 9.44 Å². The Labute approximate surface area is 209 Å². The van der Waals surface area contributed by atoms with Crippen molar-refractivity contribution in [2.24, 2.45) is 0 Å². The molecule has 35 heavy (non-hydrogen) atoms. The number of H-pyrrole nitrogens is 1. The largest absolute Gasteiger partial charge is 0.381 e. The number of nitrogens with zero attached hydrogens (tertiary/aromatic N) is 1. The van der Waals surface area contributed by atoms with Crippen molar-refractivity contribution < 1.29 is 13.4 Å². The van der Waals surface area contributed by atoms with Gasteiger partial charge in [0.1, 0.15) is 28.2 Å². The van der Waals surface area contributed by atoms with Crippen LogP contribution in [-0.4, -0.2) is 32.2 Å². The molecule has 9 heteroatoms. The molecule has 0 saturated heterocycles. The molecule has 180 valence electrons. The predicted octanol–water partition coefficient (Wildman–Crippen LogP) is 3.45. The summed E-state index contributed by atoms with van der Waals surface area (Å²) in [6, 6.07) is 12.1. The van der Waals surface area contributed by atoms with Gasteiger partial charge in [-0.25, -0.2) is 18.3 Å². The van der Waals surface area contributed by atoms with Gasteiger partial charge in [-0.2, -0.15) is 0 Å². The number of rotatable bonds is 8. The summed E-state index contributed by atoms with van der Waals surface area (Å²) in [4.78, 5) is 16.4. The van der Waals surface area contributed by atoms with E-state index in [2.05, 4.69) is 19.1 Å². The summed E-state index contributed by atoms with van der Waals surface area (Å²) in [6.45, 7) is 0. The van der Waals surface area contributed by atoms with Gasteiger partial charge in [0.05, 0.1) is 16.4 Å². The normalized spacial score (nSPS) is 16.0. The first-order chi connectivity index (χ1) is 17.0. The first-order valence-corrected chi connectivity index (χ1v) is 14.0. The molecule has 1 aliphatic heterocycles. The highest BCUT2D eigenvalue weighted by Gasteiger charge is 2.25. The van der Waals surface area contributed by atoms with E-state index in [1.54, 1.807) is 6.20 Å². The van der Waals surface area contributed by atoms with Gasteiger partial charge in [-0.3, -0.25) is 4.79 Å². The van der Waals surface area contributed by atoms with Crippen LogP contribution >= 0.6 is 11.9 Å². The van der Waals surface area contributed by atoms with Crippen LogP contribution in [-0.2, 0) is 11.0 Å². The predicted molar refractivity (Wildman–Crippen MR) is 142 cm³/mol. The van der Waals surface area contributed by atoms with Crippen molar-refractivity contribution in [2.75, 3.05) is 15.7 Å². The maximum atomic E-state index is 14.7. The van der Waals surface area contributed by atoms with E-state index in [9.17, 15) is 13.4 Å². The van der Waals surface area contributed by atoms with E-state index in [1.807, 2.05) is 36.6 Å². The van der Waals surface area contributed by atoms with Crippen LogP contribution in [0.2, 0.25) is 0 Å². The number of hydrogen-bond donors (Lipinski definition) is 3. The summed E-state index contributed by atoms with van der Waals surface area (Å²) in [5, 5.41) is 0.715. The van der Waals surface area contributed by atoms with E-state index in [4.69, 9.17) is 0 Å². The van der Waals surface area contributed by atoms with Gasteiger partial charge in [-0.1, -0.05) is 37.3 Å². The number of aromatic amines is 1. The van der Waals surface area contributed by atoms with Gasteiger partial charge in [0.2, 0.25) is 11.5 Å². The average Bonchev–Trinajstić information content (AvgIpc) is 3.47. The molecule has 1 atom stereocenters. The molecule has 0 radical (unpaired) electrons. The van der Waals surface area contributed by atoms with Crippen LogP contribution in [0, 0.1) is 5.82 Å². The monoisotopic (exact) mass is 509 g/mol. The fraction of sp³-hybridized carbons (Fsp3) is 0.269. The van der Waals surface area contributed by atoms with E-state index in [1.165, 1.54) is 36.6 Å². The maximum Gasteiger partial charge on any atom is 0.381 e. The lowest BCUT2D eigenvalue weighted by atomic mass is 10.0. The van der Waals surface area contributed by atoms with Gasteiger partial charge in [0.15, 0.2) is 0 Å². The van der Waals surface area contributed by atoms with Crippen molar-refractivity contribution in [2.45, 2.75) is 37.4 Å². The Kier molecular flexibility index (Phi) is 6.90. The lowest BCUT2D eigenvalue weighted by molar-refractivity contribution is 0.103. The Bertz CT molecular complexity index is 1470. The van der Waals surface area contributed by atoms with E-state index < -0.39 is 22.6 Å². The van der Waals surface area contributed by atoms with Gasteiger partial charge in [0.25, 0.3) is 0 Å². The lowest BCUT2D eigenvalue weighted by Gasteiger charge is -2.21. The highest BCUT2D eigenvalue weighted by Crippen LogP contribution is 2.24. The number of ketones is 1. The zero-order valence-corrected chi connectivity index (χ0v) is 20.9. The summed E-state index contributed by atoms with van der Waals surface area (Å²) >= 11 is 1.50. The van der Waals surface area contributed by atoms with Gasteiger partial charge in [-0.15, -0.1) is 0 Å². The molecular weight excluding hydrogens is 483 g/mol. The topological polar surface area (TPSA) is 88.1 Å². The second kappa shape index (κ2) is 10.2. The molecule has 1 aromatic heterocycles. The zero-order valence-electron chi connectivity index (χ0n) is 19.3. The second-order valence-corrected chi connectivity index (χ2v) is 10.8. The van der Waals surface area contributed by atoms with Crippen LogP contribution in [0.15, 0.2) is 48.7 Å². The highest BCUT2D eigenvalue weighted by molar-refractivity contribution is 7.99. The van der Waals surface area contributed by atoms with Gasteiger partial charge >= 0.3 is 5.49 Å². The lowest BCUT2D eigenvalue weighted by Crippen LogP contribution is -2.27.